The number of aromatic nitrogens is 3. The highest BCUT2D eigenvalue weighted by Crippen LogP contribution is 2.42. The number of aliphatic hydroxyl groups excluding tert-OH is 1. The standard InChI is InChI=1S/C17H24N4O3/c1-11-7-15-18-12(8-16(23)21(15)19-11)10-20-6-5-17(24-2)4-3-13(22)9-14(17)20/h7-8,13-14,19,22H,3-6,9-10H2,1-2H3/t13-,14+,17-/m1/s1. The van der Waals surface area contributed by atoms with Crippen LogP contribution in [0.15, 0.2) is 16.9 Å². The molecule has 4 rings (SSSR count). The van der Waals surface area contributed by atoms with Crippen molar-refractivity contribution in [1.82, 2.24) is 19.5 Å². The van der Waals surface area contributed by atoms with Crippen molar-refractivity contribution in [3.63, 3.8) is 0 Å². The van der Waals surface area contributed by atoms with Crippen LogP contribution in [0.2, 0.25) is 0 Å². The van der Waals surface area contributed by atoms with Crippen molar-refractivity contribution >= 4 is 5.65 Å². The van der Waals surface area contributed by atoms with E-state index in [0.717, 1.165) is 43.6 Å². The molecule has 2 N–H and O–H groups in total. The van der Waals surface area contributed by atoms with Crippen LogP contribution >= 0.6 is 0 Å². The summed E-state index contributed by atoms with van der Waals surface area (Å²) in [7, 11) is 1.77. The lowest BCUT2D eigenvalue weighted by atomic mass is 9.79. The van der Waals surface area contributed by atoms with E-state index in [9.17, 15) is 9.90 Å². The molecule has 3 heterocycles. The van der Waals surface area contributed by atoms with Crippen molar-refractivity contribution < 1.29 is 9.84 Å². The molecular weight excluding hydrogens is 308 g/mol. The molecule has 2 aromatic heterocycles. The molecule has 1 saturated heterocycles. The quantitative estimate of drug-likeness (QED) is 0.870. The second kappa shape index (κ2) is 5.68. The molecule has 130 valence electrons. The number of H-pyrrole nitrogens is 1. The van der Waals surface area contributed by atoms with Crippen LogP contribution < -0.4 is 5.56 Å². The van der Waals surface area contributed by atoms with E-state index in [1.54, 1.807) is 13.2 Å². The van der Waals surface area contributed by atoms with Gasteiger partial charge >= 0.3 is 0 Å². The van der Waals surface area contributed by atoms with Crippen molar-refractivity contribution in [3.8, 4) is 0 Å². The first-order valence-electron chi connectivity index (χ1n) is 8.56. The minimum Gasteiger partial charge on any atom is -0.393 e. The molecule has 0 bridgehead atoms. The van der Waals surface area contributed by atoms with E-state index in [4.69, 9.17) is 4.74 Å². The van der Waals surface area contributed by atoms with Crippen LogP contribution in [-0.4, -0.2) is 56.0 Å². The SMILES string of the molecule is CO[C@@]12CC[C@@H](O)C[C@@H]1N(Cc1cc(=O)n3[nH]c(C)cc3n1)CC2. The van der Waals surface area contributed by atoms with Gasteiger partial charge in [0.2, 0.25) is 0 Å². The number of ether oxygens (including phenoxy) is 1. The molecule has 2 aromatic rings. The fourth-order valence-electron chi connectivity index (χ4n) is 4.41. The topological polar surface area (TPSA) is 82.9 Å². The molecule has 0 aromatic carbocycles. The largest absolute Gasteiger partial charge is 0.393 e. The van der Waals surface area contributed by atoms with Gasteiger partial charge in [0.1, 0.15) is 0 Å². The highest BCUT2D eigenvalue weighted by atomic mass is 16.5. The summed E-state index contributed by atoms with van der Waals surface area (Å²) in [5.74, 6) is 0. The van der Waals surface area contributed by atoms with Gasteiger partial charge in [-0.05, 0) is 32.6 Å². The highest BCUT2D eigenvalue weighted by molar-refractivity contribution is 5.39. The molecule has 24 heavy (non-hydrogen) atoms. The zero-order chi connectivity index (χ0) is 16.9. The Kier molecular flexibility index (Phi) is 3.74. The van der Waals surface area contributed by atoms with Gasteiger partial charge in [0.05, 0.1) is 17.4 Å². The zero-order valence-corrected chi connectivity index (χ0v) is 14.2. The number of rotatable bonds is 3. The Balaban J connectivity index is 1.62. The van der Waals surface area contributed by atoms with Crippen LogP contribution in [0, 0.1) is 6.92 Å². The summed E-state index contributed by atoms with van der Waals surface area (Å²) in [4.78, 5) is 19.2. The van der Waals surface area contributed by atoms with Crippen molar-refractivity contribution in [3.05, 3.63) is 33.9 Å². The van der Waals surface area contributed by atoms with E-state index in [1.807, 2.05) is 13.0 Å². The van der Waals surface area contributed by atoms with Gasteiger partial charge in [-0.25, -0.2) is 9.50 Å². The number of aliphatic hydroxyl groups is 1. The number of aryl methyl sites for hydroxylation is 1. The molecule has 1 aliphatic heterocycles. The molecule has 0 amide bonds. The molecule has 7 nitrogen and oxygen atoms in total. The maximum absolute atomic E-state index is 12.2. The Hall–Kier alpha value is -1.70. The normalized spacial score (nSPS) is 30.8. The molecular formula is C17H24N4O3. The second-order valence-corrected chi connectivity index (χ2v) is 7.15. The third-order valence-electron chi connectivity index (χ3n) is 5.67. The predicted octanol–water partition coefficient (Wildman–Crippen LogP) is 0.835. The number of hydrogen-bond acceptors (Lipinski definition) is 5. The van der Waals surface area contributed by atoms with Gasteiger partial charge in [-0.1, -0.05) is 0 Å². The summed E-state index contributed by atoms with van der Waals surface area (Å²) in [6.45, 7) is 3.42. The van der Waals surface area contributed by atoms with Gasteiger partial charge in [-0.3, -0.25) is 14.8 Å². The lowest BCUT2D eigenvalue weighted by Gasteiger charge is -2.42. The van der Waals surface area contributed by atoms with Crippen LogP contribution in [0.4, 0.5) is 0 Å². The molecule has 0 radical (unpaired) electrons. The number of nitrogens with zero attached hydrogens (tertiary/aromatic N) is 3. The van der Waals surface area contributed by atoms with Crippen molar-refractivity contribution in [2.75, 3.05) is 13.7 Å². The van der Waals surface area contributed by atoms with E-state index in [-0.39, 0.29) is 23.3 Å². The molecule has 3 atom stereocenters. The van der Waals surface area contributed by atoms with Crippen LogP contribution in [0.5, 0.6) is 0 Å². The monoisotopic (exact) mass is 332 g/mol. The average Bonchev–Trinajstić information content (AvgIpc) is 3.09. The van der Waals surface area contributed by atoms with Crippen LogP contribution in [0.3, 0.4) is 0 Å². The smallest absolute Gasteiger partial charge is 0.272 e. The minimum atomic E-state index is -0.271. The second-order valence-electron chi connectivity index (χ2n) is 7.15. The summed E-state index contributed by atoms with van der Waals surface area (Å²) in [5, 5.41) is 13.1. The van der Waals surface area contributed by atoms with Gasteiger partial charge in [-0.2, -0.15) is 0 Å². The van der Waals surface area contributed by atoms with Crippen LogP contribution in [-0.2, 0) is 11.3 Å². The fraction of sp³-hybridized carbons (Fsp3) is 0.647. The lowest BCUT2D eigenvalue weighted by Crippen LogP contribution is -2.51. The Morgan fingerprint density at radius 2 is 2.29 bits per heavy atom. The zero-order valence-electron chi connectivity index (χ0n) is 14.2. The van der Waals surface area contributed by atoms with Crippen molar-refractivity contribution in [2.24, 2.45) is 0 Å². The maximum Gasteiger partial charge on any atom is 0.272 e. The van der Waals surface area contributed by atoms with Gasteiger partial charge in [0, 0.05) is 44.1 Å². The Labute approximate surface area is 140 Å². The molecule has 0 unspecified atom stereocenters. The van der Waals surface area contributed by atoms with E-state index in [1.165, 1.54) is 4.52 Å². The molecule has 2 aliphatic rings. The summed E-state index contributed by atoms with van der Waals surface area (Å²) >= 11 is 0. The predicted molar refractivity (Wildman–Crippen MR) is 89.0 cm³/mol. The third-order valence-corrected chi connectivity index (χ3v) is 5.67. The van der Waals surface area contributed by atoms with E-state index < -0.39 is 0 Å². The van der Waals surface area contributed by atoms with Gasteiger partial charge in [-0.15, -0.1) is 0 Å². The summed E-state index contributed by atoms with van der Waals surface area (Å²) in [5.41, 5.74) is 2.07. The number of aromatic amines is 1. The third kappa shape index (κ3) is 2.47. The maximum atomic E-state index is 12.2. The first kappa shape index (κ1) is 15.8. The minimum absolute atomic E-state index is 0.0935. The van der Waals surface area contributed by atoms with Crippen LogP contribution in [0.25, 0.3) is 5.65 Å². The number of methoxy groups -OCH3 is 1. The molecule has 1 saturated carbocycles. The highest BCUT2D eigenvalue weighted by Gasteiger charge is 2.50. The Morgan fingerprint density at radius 3 is 3.08 bits per heavy atom. The summed E-state index contributed by atoms with van der Waals surface area (Å²) in [6.07, 6.45) is 3.10. The van der Waals surface area contributed by atoms with Gasteiger partial charge < -0.3 is 9.84 Å². The molecule has 2 fully saturated rings. The first-order chi connectivity index (χ1) is 11.5. The van der Waals surface area contributed by atoms with E-state index >= 15 is 0 Å². The lowest BCUT2D eigenvalue weighted by molar-refractivity contribution is -0.0880. The number of fused-ring (bicyclic) bond motifs is 2. The Bertz CT molecular complexity index is 814. The van der Waals surface area contributed by atoms with E-state index in [0.29, 0.717) is 12.2 Å². The van der Waals surface area contributed by atoms with Gasteiger partial charge in [0.15, 0.2) is 5.65 Å². The van der Waals surface area contributed by atoms with E-state index in [2.05, 4.69) is 15.0 Å². The number of nitrogens with one attached hydrogen (secondary N) is 1. The number of hydrogen-bond donors (Lipinski definition) is 2. The van der Waals surface area contributed by atoms with Crippen molar-refractivity contribution in [1.29, 1.82) is 0 Å². The number of likely N-dealkylation sites (tertiary alicyclic amines) is 1. The summed E-state index contributed by atoms with van der Waals surface area (Å²) < 4.78 is 7.34. The molecule has 0 spiro atoms. The first-order valence-corrected chi connectivity index (χ1v) is 8.56. The molecule has 1 aliphatic carbocycles. The molecule has 7 heteroatoms. The Morgan fingerprint density at radius 1 is 1.46 bits per heavy atom. The van der Waals surface area contributed by atoms with Crippen LogP contribution in [0.1, 0.15) is 37.1 Å². The van der Waals surface area contributed by atoms with Crippen molar-refractivity contribution in [2.45, 2.75) is 56.9 Å². The van der Waals surface area contributed by atoms with Gasteiger partial charge in [0.25, 0.3) is 5.56 Å². The fourth-order valence-corrected chi connectivity index (χ4v) is 4.41. The average molecular weight is 332 g/mol. The summed E-state index contributed by atoms with van der Waals surface area (Å²) in [6, 6.07) is 3.65.